The third-order valence-corrected chi connectivity index (χ3v) is 3.90. The lowest BCUT2D eigenvalue weighted by Crippen LogP contribution is -2.19. The molecule has 19 heavy (non-hydrogen) atoms. The molecular formula is C14H24N2O2S. The number of esters is 1. The van der Waals surface area contributed by atoms with Gasteiger partial charge in [-0.2, -0.15) is 0 Å². The van der Waals surface area contributed by atoms with Gasteiger partial charge in [0.1, 0.15) is 0 Å². The highest BCUT2D eigenvalue weighted by Gasteiger charge is 2.06. The Morgan fingerprint density at radius 1 is 1.42 bits per heavy atom. The van der Waals surface area contributed by atoms with Crippen molar-refractivity contribution in [1.82, 2.24) is 9.88 Å². The predicted octanol–water partition coefficient (Wildman–Crippen LogP) is 3.01. The Morgan fingerprint density at radius 3 is 2.84 bits per heavy atom. The van der Waals surface area contributed by atoms with Crippen LogP contribution in [0.4, 0.5) is 0 Å². The fourth-order valence-corrected chi connectivity index (χ4v) is 2.72. The van der Waals surface area contributed by atoms with Gasteiger partial charge in [-0.15, -0.1) is 11.3 Å². The van der Waals surface area contributed by atoms with E-state index in [9.17, 15) is 4.79 Å². The van der Waals surface area contributed by atoms with E-state index in [1.54, 1.807) is 11.3 Å². The highest BCUT2D eigenvalue weighted by Crippen LogP contribution is 2.14. The highest BCUT2D eigenvalue weighted by atomic mass is 32.1. The normalized spacial score (nSPS) is 10.9. The Labute approximate surface area is 119 Å². The molecule has 1 aromatic rings. The van der Waals surface area contributed by atoms with Gasteiger partial charge in [0.15, 0.2) is 0 Å². The van der Waals surface area contributed by atoms with Crippen molar-refractivity contribution < 1.29 is 9.53 Å². The van der Waals surface area contributed by atoms with Crippen molar-refractivity contribution in [3.05, 3.63) is 16.1 Å². The molecular weight excluding hydrogens is 260 g/mol. The van der Waals surface area contributed by atoms with Crippen molar-refractivity contribution in [2.75, 3.05) is 20.2 Å². The van der Waals surface area contributed by atoms with E-state index in [0.29, 0.717) is 13.0 Å². The number of unbranched alkanes of at least 4 members (excludes halogenated alkanes) is 2. The van der Waals surface area contributed by atoms with Crippen LogP contribution in [-0.2, 0) is 16.1 Å². The molecule has 0 saturated heterocycles. The van der Waals surface area contributed by atoms with Gasteiger partial charge < -0.3 is 9.64 Å². The lowest BCUT2D eigenvalue weighted by Gasteiger charge is -2.15. The molecule has 0 bridgehead atoms. The molecule has 108 valence electrons. The van der Waals surface area contributed by atoms with E-state index >= 15 is 0 Å². The number of hydrogen-bond acceptors (Lipinski definition) is 5. The Bertz CT molecular complexity index is 379. The maximum atomic E-state index is 11.2. The first-order valence-corrected chi connectivity index (χ1v) is 7.74. The lowest BCUT2D eigenvalue weighted by atomic mass is 10.2. The van der Waals surface area contributed by atoms with Crippen LogP contribution in [-0.4, -0.2) is 36.1 Å². The zero-order valence-corrected chi connectivity index (χ0v) is 13.0. The molecule has 0 radical (unpaired) electrons. The third kappa shape index (κ3) is 6.68. The van der Waals surface area contributed by atoms with Crippen LogP contribution in [0.25, 0.3) is 0 Å². The molecule has 0 fully saturated rings. The standard InChI is InChI=1S/C14H24N2O2S/c1-4-18-14(17)8-6-5-7-9-16(3)10-13-12(2)15-11-19-13/h11H,4-10H2,1-3H3. The number of nitrogens with zero attached hydrogens (tertiary/aromatic N) is 2. The summed E-state index contributed by atoms with van der Waals surface area (Å²) >= 11 is 1.72. The van der Waals surface area contributed by atoms with Crippen LogP contribution in [0, 0.1) is 6.92 Å². The van der Waals surface area contributed by atoms with Gasteiger partial charge in [0, 0.05) is 17.8 Å². The third-order valence-electron chi connectivity index (χ3n) is 2.98. The molecule has 1 heterocycles. The van der Waals surface area contributed by atoms with Crippen LogP contribution in [0.5, 0.6) is 0 Å². The van der Waals surface area contributed by atoms with Crippen LogP contribution in [0.15, 0.2) is 5.51 Å². The zero-order valence-electron chi connectivity index (χ0n) is 12.1. The van der Waals surface area contributed by atoms with Gasteiger partial charge in [0.2, 0.25) is 0 Å². The number of rotatable bonds is 9. The summed E-state index contributed by atoms with van der Waals surface area (Å²) in [5.41, 5.74) is 3.04. The highest BCUT2D eigenvalue weighted by molar-refractivity contribution is 7.09. The second kappa shape index (κ2) is 9.04. The molecule has 0 amide bonds. The number of aryl methyl sites for hydroxylation is 1. The van der Waals surface area contributed by atoms with E-state index in [2.05, 4.69) is 23.9 Å². The van der Waals surface area contributed by atoms with Crippen molar-refractivity contribution in [3.8, 4) is 0 Å². The Balaban J connectivity index is 2.06. The van der Waals surface area contributed by atoms with Crippen molar-refractivity contribution in [2.24, 2.45) is 0 Å². The first-order chi connectivity index (χ1) is 9.13. The molecule has 5 heteroatoms. The summed E-state index contributed by atoms with van der Waals surface area (Å²) in [6.45, 7) is 6.40. The minimum atomic E-state index is -0.0730. The van der Waals surface area contributed by atoms with E-state index in [1.165, 1.54) is 4.88 Å². The van der Waals surface area contributed by atoms with Crippen LogP contribution in [0.1, 0.15) is 43.2 Å². The average Bonchev–Trinajstić information content (AvgIpc) is 2.75. The Morgan fingerprint density at radius 2 is 2.21 bits per heavy atom. The molecule has 0 aliphatic heterocycles. The molecule has 0 saturated carbocycles. The van der Waals surface area contributed by atoms with Gasteiger partial charge in [-0.3, -0.25) is 4.79 Å². The smallest absolute Gasteiger partial charge is 0.305 e. The summed E-state index contributed by atoms with van der Waals surface area (Å²) in [6, 6.07) is 0. The molecule has 1 rings (SSSR count). The molecule has 1 aromatic heterocycles. The number of hydrogen-bond donors (Lipinski definition) is 0. The maximum absolute atomic E-state index is 11.2. The summed E-state index contributed by atoms with van der Waals surface area (Å²) in [6.07, 6.45) is 3.66. The fraction of sp³-hybridized carbons (Fsp3) is 0.714. The maximum Gasteiger partial charge on any atom is 0.305 e. The van der Waals surface area contributed by atoms with Crippen LogP contribution in [0.3, 0.4) is 0 Å². The van der Waals surface area contributed by atoms with Gasteiger partial charge in [-0.25, -0.2) is 4.98 Å². The Kier molecular flexibility index (Phi) is 7.67. The largest absolute Gasteiger partial charge is 0.466 e. The van der Waals surface area contributed by atoms with Crippen molar-refractivity contribution in [1.29, 1.82) is 0 Å². The first kappa shape index (κ1) is 16.1. The summed E-state index contributed by atoms with van der Waals surface area (Å²) in [5, 5.41) is 0. The topological polar surface area (TPSA) is 42.4 Å². The van der Waals surface area contributed by atoms with E-state index in [-0.39, 0.29) is 5.97 Å². The second-order valence-corrected chi connectivity index (χ2v) is 5.65. The average molecular weight is 284 g/mol. The minimum absolute atomic E-state index is 0.0730. The van der Waals surface area contributed by atoms with Crippen molar-refractivity contribution in [2.45, 2.75) is 46.1 Å². The summed E-state index contributed by atoms with van der Waals surface area (Å²) in [5.74, 6) is -0.0730. The van der Waals surface area contributed by atoms with Gasteiger partial charge in [-0.05, 0) is 40.3 Å². The molecule has 0 aromatic carbocycles. The van der Waals surface area contributed by atoms with E-state index < -0.39 is 0 Å². The van der Waals surface area contributed by atoms with Crippen LogP contribution < -0.4 is 0 Å². The van der Waals surface area contributed by atoms with Crippen molar-refractivity contribution in [3.63, 3.8) is 0 Å². The number of ether oxygens (including phenoxy) is 1. The Hall–Kier alpha value is -0.940. The molecule has 0 aliphatic carbocycles. The molecule has 0 N–H and O–H groups in total. The quantitative estimate of drug-likeness (QED) is 0.516. The molecule has 0 spiro atoms. The molecule has 0 unspecified atom stereocenters. The predicted molar refractivity (Wildman–Crippen MR) is 78.3 cm³/mol. The van der Waals surface area contributed by atoms with Gasteiger partial charge >= 0.3 is 5.97 Å². The first-order valence-electron chi connectivity index (χ1n) is 6.86. The summed E-state index contributed by atoms with van der Waals surface area (Å²) in [7, 11) is 2.13. The molecule has 4 nitrogen and oxygen atoms in total. The fourth-order valence-electron chi connectivity index (χ4n) is 1.86. The minimum Gasteiger partial charge on any atom is -0.466 e. The summed E-state index contributed by atoms with van der Waals surface area (Å²) < 4.78 is 4.90. The van der Waals surface area contributed by atoms with Crippen LogP contribution in [0.2, 0.25) is 0 Å². The van der Waals surface area contributed by atoms with Crippen LogP contribution >= 0.6 is 11.3 Å². The second-order valence-electron chi connectivity index (χ2n) is 4.71. The number of aromatic nitrogens is 1. The lowest BCUT2D eigenvalue weighted by molar-refractivity contribution is -0.143. The van der Waals surface area contributed by atoms with Gasteiger partial charge in [-0.1, -0.05) is 6.42 Å². The van der Waals surface area contributed by atoms with Gasteiger partial charge in [0.25, 0.3) is 0 Å². The SMILES string of the molecule is CCOC(=O)CCCCCN(C)Cc1scnc1C. The summed E-state index contributed by atoms with van der Waals surface area (Å²) in [4.78, 5) is 19.1. The van der Waals surface area contributed by atoms with E-state index in [0.717, 1.165) is 38.0 Å². The molecule has 0 atom stereocenters. The number of carbonyl (C=O) groups is 1. The van der Waals surface area contributed by atoms with Gasteiger partial charge in [0.05, 0.1) is 17.8 Å². The monoisotopic (exact) mass is 284 g/mol. The van der Waals surface area contributed by atoms with E-state index in [1.807, 2.05) is 12.4 Å². The van der Waals surface area contributed by atoms with Crippen molar-refractivity contribution >= 4 is 17.3 Å². The van der Waals surface area contributed by atoms with E-state index in [4.69, 9.17) is 4.74 Å². The zero-order chi connectivity index (χ0) is 14.1. The molecule has 0 aliphatic rings. The number of carbonyl (C=O) groups excluding carboxylic acids is 1. The number of thiazole rings is 1.